The van der Waals surface area contributed by atoms with Crippen molar-refractivity contribution in [3.63, 3.8) is 0 Å². The van der Waals surface area contributed by atoms with E-state index in [1.54, 1.807) is 0 Å². The smallest absolute Gasteiger partial charge is 0.166 e. The molecule has 0 amide bonds. The highest BCUT2D eigenvalue weighted by Gasteiger charge is 2.51. The van der Waals surface area contributed by atoms with Crippen molar-refractivity contribution in [1.29, 1.82) is 0 Å². The normalized spacial score (nSPS) is 46.9. The van der Waals surface area contributed by atoms with Crippen LogP contribution < -0.4 is 5.73 Å². The maximum absolute atomic E-state index is 5.67. The Morgan fingerprint density at radius 3 is 2.15 bits per heavy atom. The van der Waals surface area contributed by atoms with E-state index < -0.39 is 0 Å². The Labute approximate surface area is 84.5 Å². The molecule has 2 N–H and O–H groups in total. The van der Waals surface area contributed by atoms with Gasteiger partial charge in [0.25, 0.3) is 0 Å². The van der Waals surface area contributed by atoms with Crippen LogP contribution >= 0.6 is 12.2 Å². The summed E-state index contributed by atoms with van der Waals surface area (Å²) in [6.45, 7) is 2.31. The highest BCUT2D eigenvalue weighted by molar-refractivity contribution is 7.80. The van der Waals surface area contributed by atoms with Crippen LogP contribution in [0.3, 0.4) is 0 Å². The number of likely N-dealkylation sites (tertiary alicyclic amines) is 1. The van der Waals surface area contributed by atoms with Crippen LogP contribution in [0.5, 0.6) is 0 Å². The predicted octanol–water partition coefficient (Wildman–Crippen LogP) is 1.21. The summed E-state index contributed by atoms with van der Waals surface area (Å²) in [5.41, 5.74) is 5.67. The summed E-state index contributed by atoms with van der Waals surface area (Å²) in [7, 11) is 0. The fraction of sp³-hybridized carbons (Fsp3) is 0.900. The molecule has 0 radical (unpaired) electrons. The molecule has 3 rings (SSSR count). The lowest BCUT2D eigenvalue weighted by molar-refractivity contribution is 0.281. The summed E-state index contributed by atoms with van der Waals surface area (Å²) >= 11 is 5.03. The Morgan fingerprint density at radius 1 is 1.15 bits per heavy atom. The van der Waals surface area contributed by atoms with Crippen molar-refractivity contribution in [2.45, 2.75) is 19.3 Å². The average molecular weight is 196 g/mol. The first-order valence-electron chi connectivity index (χ1n) is 5.30. The minimum absolute atomic E-state index is 0.619. The molecule has 2 aliphatic carbocycles. The predicted molar refractivity (Wildman–Crippen MR) is 56.2 cm³/mol. The molecule has 1 aliphatic heterocycles. The van der Waals surface area contributed by atoms with Gasteiger partial charge in [-0.2, -0.15) is 0 Å². The third-order valence-corrected chi connectivity index (χ3v) is 4.71. The van der Waals surface area contributed by atoms with Crippen LogP contribution in [0.4, 0.5) is 0 Å². The minimum atomic E-state index is 0.619. The molecule has 1 heterocycles. The Morgan fingerprint density at radius 2 is 1.69 bits per heavy atom. The van der Waals surface area contributed by atoms with Crippen LogP contribution in [0.2, 0.25) is 0 Å². The molecule has 3 fully saturated rings. The van der Waals surface area contributed by atoms with Gasteiger partial charge in [0, 0.05) is 13.1 Å². The third kappa shape index (κ3) is 1.03. The van der Waals surface area contributed by atoms with Gasteiger partial charge in [-0.3, -0.25) is 0 Å². The number of thiocarbonyl (C=S) groups is 1. The second kappa shape index (κ2) is 2.59. The molecule has 72 valence electrons. The first-order chi connectivity index (χ1) is 6.25. The number of fused-ring (bicyclic) bond motifs is 5. The van der Waals surface area contributed by atoms with Crippen molar-refractivity contribution in [2.24, 2.45) is 29.4 Å². The van der Waals surface area contributed by atoms with Crippen molar-refractivity contribution in [2.75, 3.05) is 13.1 Å². The standard InChI is InChI=1S/C10H16N2S/c11-10(13)12-4-8-6-1-2-7(3-6)9(8)5-12/h6-9H,1-5H2,(H2,11,13)/t6?,7?,8-,9+. The maximum Gasteiger partial charge on any atom is 0.166 e. The highest BCUT2D eigenvalue weighted by Crippen LogP contribution is 2.54. The highest BCUT2D eigenvalue weighted by atomic mass is 32.1. The van der Waals surface area contributed by atoms with Gasteiger partial charge in [0.15, 0.2) is 5.11 Å². The first-order valence-corrected chi connectivity index (χ1v) is 5.71. The topological polar surface area (TPSA) is 29.3 Å². The van der Waals surface area contributed by atoms with E-state index in [2.05, 4.69) is 4.90 Å². The number of rotatable bonds is 0. The van der Waals surface area contributed by atoms with Gasteiger partial charge in [-0.25, -0.2) is 0 Å². The molecule has 0 spiro atoms. The summed E-state index contributed by atoms with van der Waals surface area (Å²) < 4.78 is 0. The summed E-state index contributed by atoms with van der Waals surface area (Å²) in [4.78, 5) is 2.22. The molecule has 13 heavy (non-hydrogen) atoms. The summed E-state index contributed by atoms with van der Waals surface area (Å²) in [5, 5.41) is 0.619. The lowest BCUT2D eigenvalue weighted by Crippen LogP contribution is -2.34. The molecule has 4 atom stereocenters. The molecule has 2 bridgehead atoms. The lowest BCUT2D eigenvalue weighted by Gasteiger charge is -2.22. The molecule has 0 aromatic rings. The first kappa shape index (κ1) is 8.04. The van der Waals surface area contributed by atoms with E-state index in [4.69, 9.17) is 18.0 Å². The summed E-state index contributed by atoms with van der Waals surface area (Å²) in [6, 6.07) is 0. The zero-order valence-corrected chi connectivity index (χ0v) is 8.59. The monoisotopic (exact) mass is 196 g/mol. The molecule has 0 aromatic heterocycles. The van der Waals surface area contributed by atoms with E-state index in [0.717, 1.165) is 36.8 Å². The van der Waals surface area contributed by atoms with Gasteiger partial charge in [-0.15, -0.1) is 0 Å². The van der Waals surface area contributed by atoms with Crippen molar-refractivity contribution >= 4 is 17.3 Å². The number of hydrogen-bond donors (Lipinski definition) is 1. The van der Waals surface area contributed by atoms with E-state index in [1.165, 1.54) is 19.3 Å². The average Bonchev–Trinajstić information content (AvgIpc) is 2.76. The van der Waals surface area contributed by atoms with Crippen molar-refractivity contribution in [3.8, 4) is 0 Å². The number of hydrogen-bond acceptors (Lipinski definition) is 1. The van der Waals surface area contributed by atoms with Crippen LogP contribution in [0.15, 0.2) is 0 Å². The number of nitrogens with two attached hydrogens (primary N) is 1. The maximum atomic E-state index is 5.67. The van der Waals surface area contributed by atoms with Gasteiger partial charge in [-0.1, -0.05) is 0 Å². The molecule has 3 aliphatic rings. The molecule has 0 aromatic carbocycles. The van der Waals surface area contributed by atoms with E-state index in [9.17, 15) is 0 Å². The van der Waals surface area contributed by atoms with E-state index >= 15 is 0 Å². The van der Waals surface area contributed by atoms with Gasteiger partial charge < -0.3 is 10.6 Å². The second-order valence-corrected chi connectivity index (χ2v) is 5.32. The van der Waals surface area contributed by atoms with Crippen LogP contribution in [-0.2, 0) is 0 Å². The van der Waals surface area contributed by atoms with E-state index in [0.29, 0.717) is 5.11 Å². The van der Waals surface area contributed by atoms with Gasteiger partial charge in [0.1, 0.15) is 0 Å². The van der Waals surface area contributed by atoms with Gasteiger partial charge >= 0.3 is 0 Å². The Bertz CT molecular complexity index is 235. The van der Waals surface area contributed by atoms with Crippen LogP contribution in [-0.4, -0.2) is 23.1 Å². The molecule has 2 unspecified atom stereocenters. The van der Waals surface area contributed by atoms with Crippen molar-refractivity contribution < 1.29 is 0 Å². The van der Waals surface area contributed by atoms with Crippen molar-refractivity contribution in [3.05, 3.63) is 0 Å². The summed E-state index contributed by atoms with van der Waals surface area (Å²) in [5.74, 6) is 3.88. The molecular weight excluding hydrogens is 180 g/mol. The fourth-order valence-electron chi connectivity index (χ4n) is 3.86. The van der Waals surface area contributed by atoms with Crippen molar-refractivity contribution in [1.82, 2.24) is 4.90 Å². The lowest BCUT2D eigenvalue weighted by atomic mass is 9.82. The quantitative estimate of drug-likeness (QED) is 0.590. The largest absolute Gasteiger partial charge is 0.376 e. The molecule has 3 heteroatoms. The minimum Gasteiger partial charge on any atom is -0.376 e. The zero-order chi connectivity index (χ0) is 9.00. The van der Waals surface area contributed by atoms with E-state index in [-0.39, 0.29) is 0 Å². The third-order valence-electron chi connectivity index (χ3n) is 4.45. The number of nitrogens with zero attached hydrogens (tertiary/aromatic N) is 1. The SMILES string of the molecule is NC(=S)N1C[C@@H]2C3CCC(C3)[C@@H]2C1. The van der Waals surface area contributed by atoms with Crippen LogP contribution in [0.25, 0.3) is 0 Å². The molecule has 2 saturated carbocycles. The molecular formula is C10H16N2S. The summed E-state index contributed by atoms with van der Waals surface area (Å²) in [6.07, 6.45) is 4.44. The van der Waals surface area contributed by atoms with Gasteiger partial charge in [0.2, 0.25) is 0 Å². The Kier molecular flexibility index (Phi) is 1.60. The zero-order valence-electron chi connectivity index (χ0n) is 7.78. The Balaban J connectivity index is 1.79. The molecule has 1 saturated heterocycles. The fourth-order valence-corrected chi connectivity index (χ4v) is 4.01. The van der Waals surface area contributed by atoms with Crippen LogP contribution in [0, 0.1) is 23.7 Å². The molecule has 2 nitrogen and oxygen atoms in total. The van der Waals surface area contributed by atoms with Gasteiger partial charge in [-0.05, 0) is 55.2 Å². The second-order valence-electron chi connectivity index (χ2n) is 4.90. The Hall–Kier alpha value is -0.310. The van der Waals surface area contributed by atoms with E-state index in [1.807, 2.05) is 0 Å². The van der Waals surface area contributed by atoms with Gasteiger partial charge in [0.05, 0.1) is 0 Å². The van der Waals surface area contributed by atoms with Crippen LogP contribution in [0.1, 0.15) is 19.3 Å².